The third-order valence-corrected chi connectivity index (χ3v) is 4.22. The van der Waals surface area contributed by atoms with Crippen molar-refractivity contribution < 1.29 is 0 Å². The summed E-state index contributed by atoms with van der Waals surface area (Å²) in [6.45, 7) is 6.37. The summed E-state index contributed by atoms with van der Waals surface area (Å²) in [6.07, 6.45) is 5.44. The van der Waals surface area contributed by atoms with E-state index in [-0.39, 0.29) is 28.7 Å². The molecule has 0 aliphatic rings. The predicted molar refractivity (Wildman–Crippen MR) is 95.4 cm³/mol. The van der Waals surface area contributed by atoms with Crippen LogP contribution in [0.5, 0.6) is 0 Å². The first-order valence-corrected chi connectivity index (χ1v) is 8.16. The molecule has 104 valence electrons. The fourth-order valence-corrected chi connectivity index (χ4v) is 1.66. The minimum Gasteiger partial charge on any atom is -0.356 e. The van der Waals surface area contributed by atoms with Gasteiger partial charge in [0.2, 0.25) is 0 Å². The molecule has 0 amide bonds. The summed E-state index contributed by atoms with van der Waals surface area (Å²) >= 11 is 3.74. The van der Waals surface area contributed by atoms with Gasteiger partial charge in [0.05, 0.1) is 0 Å². The van der Waals surface area contributed by atoms with Crippen LogP contribution in [0, 0.1) is 0 Å². The summed E-state index contributed by atoms with van der Waals surface area (Å²) in [6, 6.07) is 0. The number of nitrogens with zero attached hydrogens (tertiary/aromatic N) is 1. The second-order valence-electron chi connectivity index (χ2n) is 4.16. The quantitative estimate of drug-likeness (QED) is 0.303. The molecular formula is C11H26IN3S2. The minimum absolute atomic E-state index is 0. The van der Waals surface area contributed by atoms with Crippen LogP contribution in [0.25, 0.3) is 0 Å². The van der Waals surface area contributed by atoms with Gasteiger partial charge < -0.3 is 10.6 Å². The van der Waals surface area contributed by atoms with Crippen LogP contribution in [0.2, 0.25) is 0 Å². The topological polar surface area (TPSA) is 36.4 Å². The molecule has 2 N–H and O–H groups in total. The monoisotopic (exact) mass is 391 g/mol. The lowest BCUT2D eigenvalue weighted by Gasteiger charge is -2.23. The van der Waals surface area contributed by atoms with E-state index in [2.05, 4.69) is 42.0 Å². The van der Waals surface area contributed by atoms with Gasteiger partial charge in [-0.15, -0.1) is 24.0 Å². The molecule has 0 aromatic carbocycles. The van der Waals surface area contributed by atoms with Crippen LogP contribution >= 0.6 is 47.5 Å². The highest BCUT2D eigenvalue weighted by molar-refractivity contribution is 14.0. The molecule has 3 nitrogen and oxygen atoms in total. The Kier molecular flexibility index (Phi) is 13.9. The van der Waals surface area contributed by atoms with Crippen molar-refractivity contribution in [2.45, 2.75) is 25.0 Å². The summed E-state index contributed by atoms with van der Waals surface area (Å²) in [5.41, 5.74) is 0. The fraction of sp³-hybridized carbons (Fsp3) is 0.909. The SMILES string of the molecule is CN=C(NCCCSC)NCC(C)(C)SC.I. The highest BCUT2D eigenvalue weighted by Crippen LogP contribution is 2.19. The first-order valence-electron chi connectivity index (χ1n) is 5.54. The van der Waals surface area contributed by atoms with Gasteiger partial charge in [-0.05, 0) is 38.5 Å². The molecule has 0 aromatic heterocycles. The number of halogens is 1. The summed E-state index contributed by atoms with van der Waals surface area (Å²) in [5, 5.41) is 6.67. The standard InChI is InChI=1S/C11H25N3S2.HI/c1-11(2,16-5)9-14-10(12-3)13-7-6-8-15-4;/h6-9H2,1-5H3,(H2,12,13,14);1H. The second kappa shape index (κ2) is 11.8. The van der Waals surface area contributed by atoms with Crippen molar-refractivity contribution in [3.63, 3.8) is 0 Å². The molecule has 0 radical (unpaired) electrons. The Morgan fingerprint density at radius 1 is 1.24 bits per heavy atom. The Bertz CT molecular complexity index is 211. The van der Waals surface area contributed by atoms with Gasteiger partial charge in [0.25, 0.3) is 0 Å². The van der Waals surface area contributed by atoms with Crippen molar-refractivity contribution in [2.24, 2.45) is 4.99 Å². The lowest BCUT2D eigenvalue weighted by atomic mass is 10.2. The molecule has 0 heterocycles. The van der Waals surface area contributed by atoms with Gasteiger partial charge in [-0.2, -0.15) is 23.5 Å². The van der Waals surface area contributed by atoms with Crippen molar-refractivity contribution in [2.75, 3.05) is 38.4 Å². The number of hydrogen-bond acceptors (Lipinski definition) is 3. The van der Waals surface area contributed by atoms with Crippen molar-refractivity contribution in [3.05, 3.63) is 0 Å². The van der Waals surface area contributed by atoms with Crippen LogP contribution in [0.1, 0.15) is 20.3 Å². The van der Waals surface area contributed by atoms with E-state index in [0.29, 0.717) is 0 Å². The maximum atomic E-state index is 4.20. The van der Waals surface area contributed by atoms with Crippen LogP contribution in [0.15, 0.2) is 4.99 Å². The van der Waals surface area contributed by atoms with Crippen molar-refractivity contribution >= 4 is 53.5 Å². The van der Waals surface area contributed by atoms with Gasteiger partial charge in [0.1, 0.15) is 0 Å². The Morgan fingerprint density at radius 3 is 2.35 bits per heavy atom. The Labute approximate surface area is 132 Å². The lowest BCUT2D eigenvalue weighted by Crippen LogP contribution is -2.43. The zero-order chi connectivity index (χ0) is 12.4. The third kappa shape index (κ3) is 11.5. The van der Waals surface area contributed by atoms with E-state index in [1.807, 2.05) is 30.6 Å². The number of nitrogens with one attached hydrogen (secondary N) is 2. The highest BCUT2D eigenvalue weighted by atomic mass is 127. The molecule has 0 rings (SSSR count). The van der Waals surface area contributed by atoms with E-state index >= 15 is 0 Å². The lowest BCUT2D eigenvalue weighted by molar-refractivity contribution is 0.663. The van der Waals surface area contributed by atoms with Gasteiger partial charge in [0.15, 0.2) is 5.96 Å². The van der Waals surface area contributed by atoms with E-state index in [9.17, 15) is 0 Å². The van der Waals surface area contributed by atoms with Crippen LogP contribution in [-0.2, 0) is 0 Å². The number of hydrogen-bond donors (Lipinski definition) is 2. The average molecular weight is 391 g/mol. The molecule has 0 bridgehead atoms. The molecule has 0 unspecified atom stereocenters. The maximum absolute atomic E-state index is 4.20. The fourth-order valence-electron chi connectivity index (χ4n) is 1.01. The van der Waals surface area contributed by atoms with E-state index in [4.69, 9.17) is 0 Å². The summed E-state index contributed by atoms with van der Waals surface area (Å²) in [5.74, 6) is 2.10. The molecule has 0 saturated heterocycles. The van der Waals surface area contributed by atoms with Gasteiger partial charge in [-0.3, -0.25) is 4.99 Å². The molecule has 0 fully saturated rings. The Balaban J connectivity index is 0. The average Bonchev–Trinajstić information content (AvgIpc) is 2.28. The zero-order valence-electron chi connectivity index (χ0n) is 11.5. The predicted octanol–water partition coefficient (Wildman–Crippen LogP) is 2.66. The van der Waals surface area contributed by atoms with E-state index < -0.39 is 0 Å². The number of rotatable bonds is 7. The Hall–Kier alpha value is 0.700. The van der Waals surface area contributed by atoms with E-state index in [1.54, 1.807) is 0 Å². The van der Waals surface area contributed by atoms with Crippen LogP contribution < -0.4 is 10.6 Å². The summed E-state index contributed by atoms with van der Waals surface area (Å²) < 4.78 is 0.247. The number of aliphatic imine (C=N–C) groups is 1. The Morgan fingerprint density at radius 2 is 1.88 bits per heavy atom. The van der Waals surface area contributed by atoms with Crippen molar-refractivity contribution in [1.29, 1.82) is 0 Å². The molecule has 17 heavy (non-hydrogen) atoms. The summed E-state index contributed by atoms with van der Waals surface area (Å²) in [4.78, 5) is 4.20. The van der Waals surface area contributed by atoms with Crippen molar-refractivity contribution in [3.8, 4) is 0 Å². The van der Waals surface area contributed by atoms with Crippen LogP contribution in [0.4, 0.5) is 0 Å². The molecule has 6 heteroatoms. The van der Waals surface area contributed by atoms with Gasteiger partial charge in [-0.1, -0.05) is 0 Å². The normalized spacial score (nSPS) is 11.9. The molecule has 0 spiro atoms. The number of thioether (sulfide) groups is 2. The molecule has 0 aliphatic carbocycles. The smallest absolute Gasteiger partial charge is 0.191 e. The van der Waals surface area contributed by atoms with E-state index in [0.717, 1.165) is 19.0 Å². The van der Waals surface area contributed by atoms with Crippen molar-refractivity contribution in [1.82, 2.24) is 10.6 Å². The third-order valence-electron chi connectivity index (χ3n) is 2.28. The number of guanidine groups is 1. The molecule has 0 saturated carbocycles. The van der Waals surface area contributed by atoms with Crippen LogP contribution in [0.3, 0.4) is 0 Å². The molecule has 0 atom stereocenters. The zero-order valence-corrected chi connectivity index (χ0v) is 15.5. The minimum atomic E-state index is 0. The first-order chi connectivity index (χ1) is 7.55. The van der Waals surface area contributed by atoms with E-state index in [1.165, 1.54) is 12.2 Å². The van der Waals surface area contributed by atoms with Crippen LogP contribution in [-0.4, -0.2) is 49.1 Å². The van der Waals surface area contributed by atoms with Gasteiger partial charge in [0, 0.05) is 24.9 Å². The summed E-state index contributed by atoms with van der Waals surface area (Å²) in [7, 11) is 1.82. The van der Waals surface area contributed by atoms with Gasteiger partial charge >= 0.3 is 0 Å². The maximum Gasteiger partial charge on any atom is 0.191 e. The highest BCUT2D eigenvalue weighted by Gasteiger charge is 2.15. The van der Waals surface area contributed by atoms with Gasteiger partial charge in [-0.25, -0.2) is 0 Å². The second-order valence-corrected chi connectivity index (χ2v) is 6.66. The molecule has 0 aromatic rings. The first kappa shape index (κ1) is 20.0. The largest absolute Gasteiger partial charge is 0.356 e. The molecular weight excluding hydrogens is 365 g/mol. The molecule has 0 aliphatic heterocycles.